The molecule has 1 aliphatic rings. The van der Waals surface area contributed by atoms with Crippen LogP contribution in [0.4, 0.5) is 18.9 Å². The van der Waals surface area contributed by atoms with E-state index in [1.54, 1.807) is 30.3 Å². The third kappa shape index (κ3) is 7.35. The molecular formula is C25H26F3N2O3PS. The first-order valence-electron chi connectivity index (χ1n) is 11.1. The van der Waals surface area contributed by atoms with Gasteiger partial charge in [0.25, 0.3) is 0 Å². The predicted molar refractivity (Wildman–Crippen MR) is 133 cm³/mol. The van der Waals surface area contributed by atoms with Gasteiger partial charge in [-0.3, -0.25) is 0 Å². The summed E-state index contributed by atoms with van der Waals surface area (Å²) in [6.07, 6.45) is -4.49. The van der Waals surface area contributed by atoms with Crippen molar-refractivity contribution in [2.45, 2.75) is 28.6 Å². The predicted octanol–water partition coefficient (Wildman–Crippen LogP) is 5.73. The Hall–Kier alpha value is -2.29. The fourth-order valence-corrected chi connectivity index (χ4v) is 5.10. The van der Waals surface area contributed by atoms with Gasteiger partial charge >= 0.3 is 6.18 Å². The monoisotopic (exact) mass is 522 g/mol. The Labute approximate surface area is 208 Å². The molecule has 1 heterocycles. The lowest BCUT2D eigenvalue weighted by molar-refractivity contribution is -0.139. The molecule has 0 radical (unpaired) electrons. The Morgan fingerprint density at radius 3 is 2.66 bits per heavy atom. The molecule has 4 rings (SSSR count). The molecule has 1 fully saturated rings. The smallest absolute Gasteiger partial charge is 0.417 e. The van der Waals surface area contributed by atoms with E-state index in [0.717, 1.165) is 17.3 Å². The van der Waals surface area contributed by atoms with Crippen LogP contribution >= 0.6 is 20.8 Å². The summed E-state index contributed by atoms with van der Waals surface area (Å²) in [5, 5.41) is 3.26. The number of benzene rings is 3. The van der Waals surface area contributed by atoms with E-state index in [0.29, 0.717) is 49.2 Å². The molecule has 0 spiro atoms. The molecule has 0 saturated carbocycles. The van der Waals surface area contributed by atoms with E-state index in [-0.39, 0.29) is 10.9 Å². The summed E-state index contributed by atoms with van der Waals surface area (Å²) in [5.74, 6) is 0.599. The summed E-state index contributed by atoms with van der Waals surface area (Å²) >= 11 is 1.07. The lowest BCUT2D eigenvalue weighted by Crippen LogP contribution is -2.52. The number of hydrogen-bond acceptors (Lipinski definition) is 6. The second-order valence-corrected chi connectivity index (χ2v) is 9.62. The second kappa shape index (κ2) is 12.1. The van der Waals surface area contributed by atoms with E-state index < -0.39 is 20.8 Å². The van der Waals surface area contributed by atoms with Crippen molar-refractivity contribution in [3.05, 3.63) is 83.9 Å². The minimum atomic E-state index is -4.49. The molecule has 2 N–H and O–H groups in total. The highest BCUT2D eigenvalue weighted by Crippen LogP contribution is 2.42. The number of nitrogens with one attached hydrogen (secondary N) is 1. The SMILES string of the molecule is OPOCC1CN(c2ccc(Sc3cccc(OCc4ccccc4)c3)c(C(F)(F)F)c2)CCN1. The summed E-state index contributed by atoms with van der Waals surface area (Å²) in [6.45, 7) is 2.38. The summed E-state index contributed by atoms with van der Waals surface area (Å²) in [5.41, 5.74) is 0.859. The lowest BCUT2D eigenvalue weighted by Gasteiger charge is -2.35. The van der Waals surface area contributed by atoms with Gasteiger partial charge in [-0.2, -0.15) is 13.2 Å². The van der Waals surface area contributed by atoms with Gasteiger partial charge in [-0.15, -0.1) is 0 Å². The molecule has 3 aromatic rings. The topological polar surface area (TPSA) is 54.0 Å². The minimum Gasteiger partial charge on any atom is -0.489 e. The molecule has 35 heavy (non-hydrogen) atoms. The van der Waals surface area contributed by atoms with Gasteiger partial charge in [-0.25, -0.2) is 0 Å². The van der Waals surface area contributed by atoms with Crippen LogP contribution < -0.4 is 15.0 Å². The number of alkyl halides is 3. The molecule has 5 nitrogen and oxygen atoms in total. The summed E-state index contributed by atoms with van der Waals surface area (Å²) in [6, 6.07) is 21.2. The fraction of sp³-hybridized carbons (Fsp3) is 0.280. The van der Waals surface area contributed by atoms with Crippen molar-refractivity contribution in [1.82, 2.24) is 5.32 Å². The highest BCUT2D eigenvalue weighted by molar-refractivity contribution is 7.99. The normalized spacial score (nSPS) is 16.7. The molecule has 1 aliphatic heterocycles. The molecule has 3 aromatic carbocycles. The third-order valence-electron chi connectivity index (χ3n) is 5.52. The Balaban J connectivity index is 1.50. The number of piperazine rings is 1. The zero-order valence-electron chi connectivity index (χ0n) is 18.8. The van der Waals surface area contributed by atoms with Crippen molar-refractivity contribution in [3.63, 3.8) is 0 Å². The van der Waals surface area contributed by atoms with Crippen molar-refractivity contribution in [2.75, 3.05) is 31.1 Å². The molecular weight excluding hydrogens is 496 g/mol. The lowest BCUT2D eigenvalue weighted by atomic mass is 10.1. The van der Waals surface area contributed by atoms with Crippen LogP contribution in [0.5, 0.6) is 5.75 Å². The Morgan fingerprint density at radius 1 is 1.06 bits per heavy atom. The average molecular weight is 523 g/mol. The number of ether oxygens (including phenoxy) is 1. The van der Waals surface area contributed by atoms with Crippen LogP contribution in [-0.4, -0.2) is 37.2 Å². The molecule has 0 amide bonds. The fourth-order valence-electron chi connectivity index (χ4n) is 3.83. The van der Waals surface area contributed by atoms with Crippen LogP contribution in [0.25, 0.3) is 0 Å². The number of nitrogens with zero attached hydrogens (tertiary/aromatic N) is 1. The molecule has 186 valence electrons. The van der Waals surface area contributed by atoms with Gasteiger partial charge in [0.2, 0.25) is 0 Å². The number of halogens is 3. The zero-order chi connectivity index (χ0) is 24.7. The Morgan fingerprint density at radius 2 is 1.89 bits per heavy atom. The second-order valence-electron chi connectivity index (χ2n) is 8.03. The average Bonchev–Trinajstić information content (AvgIpc) is 2.87. The van der Waals surface area contributed by atoms with Crippen molar-refractivity contribution >= 4 is 26.5 Å². The van der Waals surface area contributed by atoms with Crippen LogP contribution in [0.1, 0.15) is 11.1 Å². The van der Waals surface area contributed by atoms with Crippen molar-refractivity contribution in [2.24, 2.45) is 0 Å². The summed E-state index contributed by atoms with van der Waals surface area (Å²) in [4.78, 5) is 11.6. The largest absolute Gasteiger partial charge is 0.489 e. The highest BCUT2D eigenvalue weighted by Gasteiger charge is 2.35. The van der Waals surface area contributed by atoms with Gasteiger partial charge in [-0.05, 0) is 42.0 Å². The quantitative estimate of drug-likeness (QED) is 0.350. The Kier molecular flexibility index (Phi) is 8.92. The van der Waals surface area contributed by atoms with Crippen LogP contribution in [0.15, 0.2) is 82.6 Å². The van der Waals surface area contributed by atoms with E-state index in [1.165, 1.54) is 12.1 Å². The molecule has 2 atom stereocenters. The number of anilines is 1. The van der Waals surface area contributed by atoms with Crippen LogP contribution in [0.2, 0.25) is 0 Å². The standard InChI is InChI=1S/C25H26F3N2O3PS/c26-25(27,28)23-13-20(30-12-11-29-19(15-30)17-33-34-31)9-10-24(23)35-22-8-4-7-21(14-22)32-16-18-5-2-1-3-6-18/h1-10,13-14,19,29,31,34H,11-12,15-17H2. The first kappa shape index (κ1) is 25.8. The first-order chi connectivity index (χ1) is 16.9. The molecule has 10 heteroatoms. The maximum absolute atomic E-state index is 14.0. The van der Waals surface area contributed by atoms with Crippen molar-refractivity contribution in [3.8, 4) is 5.75 Å². The van der Waals surface area contributed by atoms with Gasteiger partial charge in [0.15, 0.2) is 9.03 Å². The van der Waals surface area contributed by atoms with Gasteiger partial charge in [0, 0.05) is 41.2 Å². The van der Waals surface area contributed by atoms with Gasteiger partial charge in [0.1, 0.15) is 12.4 Å². The van der Waals surface area contributed by atoms with Crippen molar-refractivity contribution < 1.29 is 27.3 Å². The number of hydrogen-bond donors (Lipinski definition) is 2. The molecule has 0 aliphatic carbocycles. The molecule has 2 unspecified atom stereocenters. The van der Waals surface area contributed by atoms with Crippen LogP contribution in [-0.2, 0) is 17.3 Å². The summed E-state index contributed by atoms with van der Waals surface area (Å²) < 4.78 is 52.9. The highest BCUT2D eigenvalue weighted by atomic mass is 32.2. The Bertz CT molecular complexity index is 1100. The minimum absolute atomic E-state index is 0.0644. The van der Waals surface area contributed by atoms with Gasteiger partial charge < -0.3 is 24.4 Å². The van der Waals surface area contributed by atoms with Gasteiger partial charge in [0.05, 0.1) is 12.2 Å². The number of rotatable bonds is 9. The van der Waals surface area contributed by atoms with E-state index in [1.807, 2.05) is 35.2 Å². The van der Waals surface area contributed by atoms with E-state index in [9.17, 15) is 13.2 Å². The van der Waals surface area contributed by atoms with Crippen LogP contribution in [0, 0.1) is 0 Å². The van der Waals surface area contributed by atoms with Gasteiger partial charge in [-0.1, -0.05) is 48.2 Å². The maximum Gasteiger partial charge on any atom is 0.417 e. The molecule has 0 bridgehead atoms. The molecule has 1 saturated heterocycles. The maximum atomic E-state index is 14.0. The molecule has 0 aromatic heterocycles. The van der Waals surface area contributed by atoms with Crippen molar-refractivity contribution in [1.29, 1.82) is 0 Å². The first-order valence-corrected chi connectivity index (χ1v) is 12.7. The van der Waals surface area contributed by atoms with E-state index in [4.69, 9.17) is 14.2 Å². The van der Waals surface area contributed by atoms with E-state index >= 15 is 0 Å². The summed E-state index contributed by atoms with van der Waals surface area (Å²) in [7, 11) is -0.612. The third-order valence-corrected chi connectivity index (χ3v) is 6.88. The zero-order valence-corrected chi connectivity index (χ0v) is 20.6. The van der Waals surface area contributed by atoms with E-state index in [2.05, 4.69) is 5.32 Å². The van der Waals surface area contributed by atoms with Crippen LogP contribution in [0.3, 0.4) is 0 Å².